The Kier molecular flexibility index (Phi) is 4.58. The molecule has 0 unspecified atom stereocenters. The second kappa shape index (κ2) is 6.19. The van der Waals surface area contributed by atoms with Crippen LogP contribution in [-0.2, 0) is 17.6 Å². The Labute approximate surface area is 116 Å². The normalized spacial score (nSPS) is 13.9. The van der Waals surface area contributed by atoms with Gasteiger partial charge in [-0.1, -0.05) is 13.3 Å². The Morgan fingerprint density at radius 1 is 1.32 bits per heavy atom. The van der Waals surface area contributed by atoms with Crippen LogP contribution in [0.4, 0.5) is 5.00 Å². The summed E-state index contributed by atoms with van der Waals surface area (Å²) >= 11 is 1.44. The number of unbranched alkanes of at least 4 members (excludes halogenated alkanes) is 1. The van der Waals surface area contributed by atoms with Gasteiger partial charge in [-0.25, -0.2) is 4.79 Å². The second-order valence-electron chi connectivity index (χ2n) is 4.87. The first-order valence-corrected chi connectivity index (χ1v) is 7.62. The zero-order valence-corrected chi connectivity index (χ0v) is 11.9. The molecule has 0 saturated carbocycles. The van der Waals surface area contributed by atoms with E-state index in [-0.39, 0.29) is 5.91 Å². The van der Waals surface area contributed by atoms with Crippen LogP contribution in [0.15, 0.2) is 0 Å². The van der Waals surface area contributed by atoms with Crippen LogP contribution in [-0.4, -0.2) is 17.0 Å². The van der Waals surface area contributed by atoms with Crippen molar-refractivity contribution in [2.45, 2.75) is 51.9 Å². The summed E-state index contributed by atoms with van der Waals surface area (Å²) in [6.07, 6.45) is 6.14. The number of aryl methyl sites for hydroxylation is 1. The van der Waals surface area contributed by atoms with Crippen molar-refractivity contribution in [1.82, 2.24) is 0 Å². The number of thiophene rings is 1. The van der Waals surface area contributed by atoms with E-state index in [0.717, 1.165) is 49.0 Å². The van der Waals surface area contributed by atoms with Gasteiger partial charge in [0.15, 0.2) is 0 Å². The lowest BCUT2D eigenvalue weighted by atomic mass is 9.95. The Morgan fingerprint density at radius 3 is 2.74 bits per heavy atom. The van der Waals surface area contributed by atoms with Crippen LogP contribution >= 0.6 is 11.3 Å². The van der Waals surface area contributed by atoms with Gasteiger partial charge in [0.25, 0.3) is 0 Å². The summed E-state index contributed by atoms with van der Waals surface area (Å²) in [5.41, 5.74) is 1.26. The average Bonchev–Trinajstić information content (AvgIpc) is 2.74. The minimum atomic E-state index is -0.926. The van der Waals surface area contributed by atoms with Crippen molar-refractivity contribution in [2.24, 2.45) is 0 Å². The Bertz CT molecular complexity index is 493. The number of fused-ring (bicyclic) bond motifs is 1. The fourth-order valence-corrected chi connectivity index (χ4v) is 3.70. The minimum absolute atomic E-state index is 0.0806. The molecule has 5 heteroatoms. The SMILES string of the molecule is CCCCC(=O)Nc1sc2c(c1C(=O)O)CCCC2. The molecule has 2 N–H and O–H groups in total. The van der Waals surface area contributed by atoms with Gasteiger partial charge in [-0.2, -0.15) is 0 Å². The van der Waals surface area contributed by atoms with Gasteiger partial charge in [0.05, 0.1) is 5.56 Å². The van der Waals surface area contributed by atoms with E-state index in [2.05, 4.69) is 5.32 Å². The van der Waals surface area contributed by atoms with Crippen molar-refractivity contribution >= 4 is 28.2 Å². The molecule has 0 fully saturated rings. The summed E-state index contributed by atoms with van der Waals surface area (Å²) < 4.78 is 0. The van der Waals surface area contributed by atoms with E-state index in [4.69, 9.17) is 0 Å². The van der Waals surface area contributed by atoms with Gasteiger partial charge in [0, 0.05) is 11.3 Å². The molecule has 0 aliphatic heterocycles. The largest absolute Gasteiger partial charge is 0.478 e. The Morgan fingerprint density at radius 2 is 2.05 bits per heavy atom. The summed E-state index contributed by atoms with van der Waals surface area (Å²) in [6.45, 7) is 2.03. The maximum absolute atomic E-state index is 11.8. The van der Waals surface area contributed by atoms with E-state index < -0.39 is 5.97 Å². The number of carbonyl (C=O) groups excluding carboxylic acids is 1. The molecule has 1 amide bonds. The van der Waals surface area contributed by atoms with Crippen molar-refractivity contribution in [3.8, 4) is 0 Å². The van der Waals surface area contributed by atoms with Gasteiger partial charge in [-0.05, 0) is 37.7 Å². The topological polar surface area (TPSA) is 66.4 Å². The van der Waals surface area contributed by atoms with Gasteiger partial charge in [-0.3, -0.25) is 4.79 Å². The quantitative estimate of drug-likeness (QED) is 0.868. The smallest absolute Gasteiger partial charge is 0.339 e. The third-order valence-electron chi connectivity index (χ3n) is 3.40. The number of amides is 1. The van der Waals surface area contributed by atoms with E-state index in [1.807, 2.05) is 6.92 Å². The number of aromatic carboxylic acids is 1. The predicted octanol–water partition coefficient (Wildman–Crippen LogP) is 3.45. The van der Waals surface area contributed by atoms with Crippen LogP contribution in [0, 0.1) is 0 Å². The van der Waals surface area contributed by atoms with Gasteiger partial charge in [0.1, 0.15) is 5.00 Å². The Balaban J connectivity index is 2.22. The fourth-order valence-electron chi connectivity index (χ4n) is 2.41. The van der Waals surface area contributed by atoms with Crippen molar-refractivity contribution in [3.63, 3.8) is 0 Å². The molecular weight excluding hydrogens is 262 g/mol. The van der Waals surface area contributed by atoms with Crippen molar-refractivity contribution in [1.29, 1.82) is 0 Å². The third-order valence-corrected chi connectivity index (χ3v) is 4.60. The third kappa shape index (κ3) is 3.15. The number of rotatable bonds is 5. The second-order valence-corrected chi connectivity index (χ2v) is 5.98. The monoisotopic (exact) mass is 281 g/mol. The highest BCUT2D eigenvalue weighted by molar-refractivity contribution is 7.17. The lowest BCUT2D eigenvalue weighted by Gasteiger charge is -2.10. The first-order chi connectivity index (χ1) is 9.13. The summed E-state index contributed by atoms with van der Waals surface area (Å²) in [5, 5.41) is 12.7. The lowest BCUT2D eigenvalue weighted by molar-refractivity contribution is -0.116. The van der Waals surface area contributed by atoms with Crippen LogP contribution in [0.2, 0.25) is 0 Å². The number of nitrogens with one attached hydrogen (secondary N) is 1. The number of hydrogen-bond donors (Lipinski definition) is 2. The molecule has 1 aromatic heterocycles. The van der Waals surface area contributed by atoms with Crippen LogP contribution < -0.4 is 5.32 Å². The summed E-state index contributed by atoms with van der Waals surface area (Å²) in [4.78, 5) is 24.3. The van der Waals surface area contributed by atoms with E-state index in [1.165, 1.54) is 11.3 Å². The van der Waals surface area contributed by atoms with E-state index in [0.29, 0.717) is 17.0 Å². The maximum Gasteiger partial charge on any atom is 0.339 e. The van der Waals surface area contributed by atoms with Gasteiger partial charge in [0.2, 0.25) is 5.91 Å². The summed E-state index contributed by atoms with van der Waals surface area (Å²) in [7, 11) is 0. The first-order valence-electron chi connectivity index (χ1n) is 6.81. The van der Waals surface area contributed by atoms with Gasteiger partial charge < -0.3 is 10.4 Å². The highest BCUT2D eigenvalue weighted by Crippen LogP contribution is 2.38. The van der Waals surface area contributed by atoms with Crippen LogP contribution in [0.5, 0.6) is 0 Å². The standard InChI is InChI=1S/C14H19NO3S/c1-2-3-8-11(16)15-13-12(14(17)18)9-6-4-5-7-10(9)19-13/h2-8H2,1H3,(H,15,16)(H,17,18). The molecule has 4 nitrogen and oxygen atoms in total. The highest BCUT2D eigenvalue weighted by Gasteiger charge is 2.25. The lowest BCUT2D eigenvalue weighted by Crippen LogP contribution is -2.13. The number of carboxylic acid groups (broad SMARTS) is 1. The number of carbonyl (C=O) groups is 2. The maximum atomic E-state index is 11.8. The molecule has 0 aromatic carbocycles. The van der Waals surface area contributed by atoms with Crippen molar-refractivity contribution in [2.75, 3.05) is 5.32 Å². The zero-order chi connectivity index (χ0) is 13.8. The summed E-state index contributed by atoms with van der Waals surface area (Å²) in [6, 6.07) is 0. The molecular formula is C14H19NO3S. The van der Waals surface area contributed by atoms with Gasteiger partial charge >= 0.3 is 5.97 Å². The molecule has 104 valence electrons. The fraction of sp³-hybridized carbons (Fsp3) is 0.571. The zero-order valence-electron chi connectivity index (χ0n) is 11.1. The summed E-state index contributed by atoms with van der Waals surface area (Å²) in [5.74, 6) is -1.01. The Hall–Kier alpha value is -1.36. The number of hydrogen-bond acceptors (Lipinski definition) is 3. The molecule has 0 spiro atoms. The van der Waals surface area contributed by atoms with Crippen LogP contribution in [0.3, 0.4) is 0 Å². The van der Waals surface area contributed by atoms with Gasteiger partial charge in [-0.15, -0.1) is 11.3 Å². The highest BCUT2D eigenvalue weighted by atomic mass is 32.1. The molecule has 0 saturated heterocycles. The molecule has 0 atom stereocenters. The predicted molar refractivity (Wildman–Crippen MR) is 76.1 cm³/mol. The van der Waals surface area contributed by atoms with E-state index in [1.54, 1.807) is 0 Å². The molecule has 1 aromatic rings. The molecule has 1 aliphatic rings. The minimum Gasteiger partial charge on any atom is -0.478 e. The van der Waals surface area contributed by atoms with E-state index >= 15 is 0 Å². The van der Waals surface area contributed by atoms with Crippen molar-refractivity contribution in [3.05, 3.63) is 16.0 Å². The molecule has 1 aliphatic carbocycles. The average molecular weight is 281 g/mol. The van der Waals surface area contributed by atoms with Crippen LogP contribution in [0.25, 0.3) is 0 Å². The molecule has 2 rings (SSSR count). The van der Waals surface area contributed by atoms with Crippen molar-refractivity contribution < 1.29 is 14.7 Å². The number of carboxylic acids is 1. The molecule has 0 bridgehead atoms. The molecule has 0 radical (unpaired) electrons. The van der Waals surface area contributed by atoms with E-state index in [9.17, 15) is 14.7 Å². The molecule has 19 heavy (non-hydrogen) atoms. The van der Waals surface area contributed by atoms with Crippen LogP contribution in [0.1, 0.15) is 59.8 Å². The first kappa shape index (κ1) is 14.1. The number of anilines is 1. The molecule has 1 heterocycles.